The van der Waals surface area contributed by atoms with Crippen LogP contribution in [-0.2, 0) is 10.2 Å². The molecule has 1 amide bonds. The van der Waals surface area contributed by atoms with Crippen molar-refractivity contribution in [1.29, 1.82) is 0 Å². The third-order valence-corrected chi connectivity index (χ3v) is 6.62. The van der Waals surface area contributed by atoms with Crippen molar-refractivity contribution in [2.24, 2.45) is 0 Å². The zero-order valence-corrected chi connectivity index (χ0v) is 17.4. The number of carbonyl (C=O) groups excluding carboxylic acids is 1. The van der Waals surface area contributed by atoms with Crippen molar-refractivity contribution in [3.63, 3.8) is 0 Å². The van der Waals surface area contributed by atoms with E-state index in [9.17, 15) is 4.79 Å². The molecule has 0 bridgehead atoms. The van der Waals surface area contributed by atoms with Crippen LogP contribution in [0.15, 0.2) is 36.4 Å². The number of amides is 1. The summed E-state index contributed by atoms with van der Waals surface area (Å²) in [6.07, 6.45) is 1.72. The van der Waals surface area contributed by atoms with E-state index < -0.39 is 0 Å². The van der Waals surface area contributed by atoms with Gasteiger partial charge in [-0.2, -0.15) is 0 Å². The maximum Gasteiger partial charge on any atom is 0.251 e. The predicted octanol–water partition coefficient (Wildman–Crippen LogP) is 3.81. The van der Waals surface area contributed by atoms with Crippen LogP contribution in [0.2, 0.25) is 0 Å². The smallest absolute Gasteiger partial charge is 0.251 e. The molecule has 1 fully saturated rings. The maximum absolute atomic E-state index is 12.7. The Hall–Kier alpha value is -1.80. The van der Waals surface area contributed by atoms with Gasteiger partial charge in [-0.25, -0.2) is 0 Å². The quantitative estimate of drug-likeness (QED) is 0.678. The molecule has 0 unspecified atom stereocenters. The lowest BCUT2D eigenvalue weighted by molar-refractivity contribution is 0.0486. The van der Waals surface area contributed by atoms with Gasteiger partial charge >= 0.3 is 0 Å². The maximum atomic E-state index is 12.7. The van der Waals surface area contributed by atoms with E-state index in [0.29, 0.717) is 25.3 Å². The fraction of sp³-hybridized carbons (Fsp3) is 0.381. The van der Waals surface area contributed by atoms with E-state index in [2.05, 4.69) is 40.0 Å². The summed E-state index contributed by atoms with van der Waals surface area (Å²) in [7, 11) is 0. The van der Waals surface area contributed by atoms with Crippen LogP contribution in [0.5, 0.6) is 11.5 Å². The van der Waals surface area contributed by atoms with Gasteiger partial charge in [0, 0.05) is 34.3 Å². The van der Waals surface area contributed by atoms with Gasteiger partial charge in [0.2, 0.25) is 6.79 Å². The Morgan fingerprint density at radius 3 is 2.67 bits per heavy atom. The van der Waals surface area contributed by atoms with Gasteiger partial charge in [-0.1, -0.05) is 12.1 Å². The fourth-order valence-corrected chi connectivity index (χ4v) is 4.16. The molecule has 2 aliphatic rings. The van der Waals surface area contributed by atoms with Crippen molar-refractivity contribution in [2.75, 3.05) is 26.6 Å². The first-order valence-corrected chi connectivity index (χ1v) is 10.2. The van der Waals surface area contributed by atoms with E-state index in [1.54, 1.807) is 0 Å². The van der Waals surface area contributed by atoms with Crippen molar-refractivity contribution in [1.82, 2.24) is 5.32 Å². The first kappa shape index (κ1) is 18.6. The minimum atomic E-state index is -0.160. The van der Waals surface area contributed by atoms with E-state index in [0.717, 1.165) is 33.5 Å². The lowest BCUT2D eigenvalue weighted by Crippen LogP contribution is -2.44. The molecular formula is C21H22INO4. The van der Waals surface area contributed by atoms with Gasteiger partial charge < -0.3 is 19.5 Å². The Balaban J connectivity index is 1.55. The number of carbonyl (C=O) groups is 1. The molecule has 1 saturated heterocycles. The summed E-state index contributed by atoms with van der Waals surface area (Å²) >= 11 is 2.26. The topological polar surface area (TPSA) is 56.8 Å². The Morgan fingerprint density at radius 2 is 1.89 bits per heavy atom. The molecule has 0 spiro atoms. The largest absolute Gasteiger partial charge is 0.454 e. The second-order valence-electron chi connectivity index (χ2n) is 7.11. The first-order valence-electron chi connectivity index (χ1n) is 9.10. The van der Waals surface area contributed by atoms with Crippen LogP contribution in [0.1, 0.15) is 34.3 Å². The summed E-state index contributed by atoms with van der Waals surface area (Å²) in [5.41, 5.74) is 2.87. The number of ether oxygens (including phenoxy) is 3. The summed E-state index contributed by atoms with van der Waals surface area (Å²) in [5, 5.41) is 3.15. The van der Waals surface area contributed by atoms with Crippen LogP contribution in [0, 0.1) is 10.5 Å². The second-order valence-corrected chi connectivity index (χ2v) is 8.27. The van der Waals surface area contributed by atoms with Gasteiger partial charge in [-0.3, -0.25) is 4.79 Å². The highest BCUT2D eigenvalue weighted by molar-refractivity contribution is 14.1. The number of aryl methyl sites for hydroxylation is 1. The van der Waals surface area contributed by atoms with Crippen LogP contribution >= 0.6 is 22.6 Å². The number of rotatable bonds is 4. The van der Waals surface area contributed by atoms with Gasteiger partial charge in [-0.05, 0) is 77.7 Å². The monoisotopic (exact) mass is 479 g/mol. The Kier molecular flexibility index (Phi) is 5.27. The Morgan fingerprint density at radius 1 is 1.11 bits per heavy atom. The molecule has 1 N–H and O–H groups in total. The van der Waals surface area contributed by atoms with Crippen LogP contribution in [0.4, 0.5) is 0 Å². The summed E-state index contributed by atoms with van der Waals surface area (Å²) in [6, 6.07) is 11.9. The van der Waals surface area contributed by atoms with Gasteiger partial charge in [0.15, 0.2) is 11.5 Å². The minimum absolute atomic E-state index is 0.0421. The lowest BCUT2D eigenvalue weighted by Gasteiger charge is -2.38. The second kappa shape index (κ2) is 7.67. The van der Waals surface area contributed by atoms with E-state index in [4.69, 9.17) is 14.2 Å². The van der Waals surface area contributed by atoms with Crippen molar-refractivity contribution < 1.29 is 19.0 Å². The van der Waals surface area contributed by atoms with Crippen molar-refractivity contribution in [3.8, 4) is 11.5 Å². The van der Waals surface area contributed by atoms with Crippen LogP contribution in [0.25, 0.3) is 0 Å². The van der Waals surface area contributed by atoms with Gasteiger partial charge in [0.1, 0.15) is 0 Å². The molecule has 0 atom stereocenters. The number of hydrogen-bond donors (Lipinski definition) is 1. The molecule has 142 valence electrons. The van der Waals surface area contributed by atoms with Crippen LogP contribution in [-0.4, -0.2) is 32.5 Å². The SMILES string of the molecule is Cc1ccc(C(=O)NCC2(c3ccc4c(c3)OCO4)CCOCC2)cc1I. The molecule has 6 heteroatoms. The molecular weight excluding hydrogens is 457 g/mol. The third kappa shape index (κ3) is 3.78. The van der Waals surface area contributed by atoms with Gasteiger partial charge in [-0.15, -0.1) is 0 Å². The highest BCUT2D eigenvalue weighted by Gasteiger charge is 2.36. The fourth-order valence-electron chi connectivity index (χ4n) is 3.64. The molecule has 27 heavy (non-hydrogen) atoms. The molecule has 2 aliphatic heterocycles. The highest BCUT2D eigenvalue weighted by Crippen LogP contribution is 2.40. The van der Waals surface area contributed by atoms with Crippen LogP contribution < -0.4 is 14.8 Å². The molecule has 2 aromatic rings. The summed E-state index contributed by atoms with van der Waals surface area (Å²) in [6.45, 7) is 4.25. The molecule has 5 nitrogen and oxygen atoms in total. The normalized spacial score (nSPS) is 17.6. The average molecular weight is 479 g/mol. The molecule has 0 saturated carbocycles. The average Bonchev–Trinajstić information content (AvgIpc) is 3.17. The number of nitrogens with one attached hydrogen (secondary N) is 1. The van der Waals surface area contributed by atoms with Crippen molar-refractivity contribution in [2.45, 2.75) is 25.2 Å². The third-order valence-electron chi connectivity index (χ3n) is 5.46. The van der Waals surface area contributed by atoms with E-state index in [-0.39, 0.29) is 18.1 Å². The number of benzene rings is 2. The summed E-state index contributed by atoms with van der Waals surface area (Å²) in [5.74, 6) is 1.51. The van der Waals surface area contributed by atoms with Gasteiger partial charge in [0.05, 0.1) is 0 Å². The summed E-state index contributed by atoms with van der Waals surface area (Å²) < 4.78 is 17.7. The predicted molar refractivity (Wildman–Crippen MR) is 111 cm³/mol. The Bertz CT molecular complexity index is 861. The number of hydrogen-bond acceptors (Lipinski definition) is 4. The van der Waals surface area contributed by atoms with Crippen molar-refractivity contribution >= 4 is 28.5 Å². The first-order chi connectivity index (χ1) is 13.1. The van der Waals surface area contributed by atoms with E-state index in [1.807, 2.05) is 31.2 Å². The lowest BCUT2D eigenvalue weighted by atomic mass is 9.74. The number of fused-ring (bicyclic) bond motifs is 1. The molecule has 2 heterocycles. The van der Waals surface area contributed by atoms with E-state index in [1.165, 1.54) is 5.56 Å². The van der Waals surface area contributed by atoms with E-state index >= 15 is 0 Å². The standard InChI is InChI=1S/C21H22INO4/c1-14-2-3-15(10-17(14)22)20(24)23-12-21(6-8-25-9-7-21)16-4-5-18-19(11-16)27-13-26-18/h2-5,10-11H,6-9,12-13H2,1H3,(H,23,24). The van der Waals surface area contributed by atoms with Crippen LogP contribution in [0.3, 0.4) is 0 Å². The molecule has 0 aromatic heterocycles. The number of halogens is 1. The molecule has 0 aliphatic carbocycles. The zero-order valence-electron chi connectivity index (χ0n) is 15.2. The Labute approximate surface area is 172 Å². The summed E-state index contributed by atoms with van der Waals surface area (Å²) in [4.78, 5) is 12.7. The zero-order chi connectivity index (χ0) is 18.9. The molecule has 2 aromatic carbocycles. The van der Waals surface area contributed by atoms with Gasteiger partial charge in [0.25, 0.3) is 5.91 Å². The minimum Gasteiger partial charge on any atom is -0.454 e. The highest BCUT2D eigenvalue weighted by atomic mass is 127. The van der Waals surface area contributed by atoms with Crippen molar-refractivity contribution in [3.05, 3.63) is 56.7 Å². The molecule has 0 radical (unpaired) electrons. The molecule has 4 rings (SSSR count).